The van der Waals surface area contributed by atoms with Crippen molar-refractivity contribution < 1.29 is 14.8 Å². The molecule has 22 heavy (non-hydrogen) atoms. The Hall–Kier alpha value is -2.54. The molecule has 0 spiro atoms. The zero-order valence-corrected chi connectivity index (χ0v) is 12.8. The van der Waals surface area contributed by atoms with Crippen molar-refractivity contribution in [1.29, 1.82) is 0 Å². The molecule has 0 aliphatic heterocycles. The van der Waals surface area contributed by atoms with E-state index in [2.05, 4.69) is 0 Å². The molecular weight excluding hydrogens is 304 g/mol. The molecule has 7 heteroatoms. The molecule has 0 radical (unpaired) electrons. The van der Waals surface area contributed by atoms with Gasteiger partial charge in [-0.05, 0) is 30.3 Å². The summed E-state index contributed by atoms with van der Waals surface area (Å²) in [5.41, 5.74) is 0.729. The summed E-state index contributed by atoms with van der Waals surface area (Å²) in [5.74, 6) is -1.18. The lowest BCUT2D eigenvalue weighted by atomic mass is 10.2. The maximum Gasteiger partial charge on any atom is 0.337 e. The van der Waals surface area contributed by atoms with Crippen LogP contribution >= 0.6 is 11.8 Å². The number of non-ortho nitro benzene ring substituents is 1. The fraction of sp³-hybridized carbons (Fsp3) is 0.133. The summed E-state index contributed by atoms with van der Waals surface area (Å²) in [6, 6.07) is 11.5. The molecule has 0 bridgehead atoms. The molecule has 0 fully saturated rings. The number of hydrogen-bond acceptors (Lipinski definition) is 5. The number of anilines is 1. The molecule has 0 unspecified atom stereocenters. The van der Waals surface area contributed by atoms with Crippen molar-refractivity contribution in [3.63, 3.8) is 0 Å². The van der Waals surface area contributed by atoms with Crippen molar-refractivity contribution in [3.8, 4) is 0 Å². The standard InChI is InChI=1S/C15H14N2O4S/c1-16(2)10-3-6-12(7-4-10)22-14-8-5-11(17(20)21)9-13(14)15(18)19/h3-9H,1-2H3,(H,18,19). The average molecular weight is 318 g/mol. The average Bonchev–Trinajstić information content (AvgIpc) is 2.47. The minimum absolute atomic E-state index is 0.0733. The quantitative estimate of drug-likeness (QED) is 0.671. The zero-order chi connectivity index (χ0) is 16.3. The molecule has 2 aromatic carbocycles. The van der Waals surface area contributed by atoms with E-state index in [0.29, 0.717) is 4.90 Å². The van der Waals surface area contributed by atoms with E-state index < -0.39 is 10.9 Å². The van der Waals surface area contributed by atoms with E-state index in [1.165, 1.54) is 23.9 Å². The largest absolute Gasteiger partial charge is 0.478 e. The second kappa shape index (κ2) is 6.48. The Bertz CT molecular complexity index is 714. The highest BCUT2D eigenvalue weighted by atomic mass is 32.2. The third-order valence-corrected chi connectivity index (χ3v) is 4.07. The number of nitro benzene ring substituents is 1. The van der Waals surface area contributed by atoms with Crippen LogP contribution in [0.5, 0.6) is 0 Å². The van der Waals surface area contributed by atoms with Gasteiger partial charge in [-0.25, -0.2) is 4.79 Å². The van der Waals surface area contributed by atoms with Gasteiger partial charge in [0.15, 0.2) is 0 Å². The Balaban J connectivity index is 2.32. The topological polar surface area (TPSA) is 83.7 Å². The molecule has 0 aromatic heterocycles. The smallest absolute Gasteiger partial charge is 0.337 e. The van der Waals surface area contributed by atoms with Crippen molar-refractivity contribution in [2.75, 3.05) is 19.0 Å². The van der Waals surface area contributed by atoms with Crippen LogP contribution in [0.1, 0.15) is 10.4 Å². The van der Waals surface area contributed by atoms with Crippen LogP contribution < -0.4 is 4.90 Å². The van der Waals surface area contributed by atoms with E-state index in [4.69, 9.17) is 0 Å². The maximum absolute atomic E-state index is 11.3. The molecule has 0 aliphatic carbocycles. The predicted molar refractivity (Wildman–Crippen MR) is 84.9 cm³/mol. The molecule has 0 atom stereocenters. The number of aromatic carboxylic acids is 1. The van der Waals surface area contributed by atoms with Crippen LogP contribution in [0.15, 0.2) is 52.3 Å². The predicted octanol–water partition coefficient (Wildman–Crippen LogP) is 3.51. The van der Waals surface area contributed by atoms with Crippen molar-refractivity contribution in [2.45, 2.75) is 9.79 Å². The lowest BCUT2D eigenvalue weighted by molar-refractivity contribution is -0.384. The number of nitrogens with zero attached hydrogens (tertiary/aromatic N) is 2. The van der Waals surface area contributed by atoms with Gasteiger partial charge in [-0.1, -0.05) is 11.8 Å². The molecule has 2 rings (SSSR count). The van der Waals surface area contributed by atoms with E-state index in [1.54, 1.807) is 0 Å². The number of nitro groups is 1. The Morgan fingerprint density at radius 1 is 1.18 bits per heavy atom. The summed E-state index contributed by atoms with van der Waals surface area (Å²) in [5, 5.41) is 20.0. The maximum atomic E-state index is 11.3. The first kappa shape index (κ1) is 15.8. The van der Waals surface area contributed by atoms with E-state index in [0.717, 1.165) is 16.6 Å². The van der Waals surface area contributed by atoms with Gasteiger partial charge >= 0.3 is 5.97 Å². The molecule has 1 N–H and O–H groups in total. The van der Waals surface area contributed by atoms with Gasteiger partial charge in [-0.2, -0.15) is 0 Å². The minimum Gasteiger partial charge on any atom is -0.478 e. The highest BCUT2D eigenvalue weighted by Gasteiger charge is 2.16. The van der Waals surface area contributed by atoms with Gasteiger partial charge in [-0.15, -0.1) is 0 Å². The molecule has 0 saturated heterocycles. The molecule has 0 amide bonds. The number of hydrogen-bond donors (Lipinski definition) is 1. The number of carboxylic acids is 1. The lowest BCUT2D eigenvalue weighted by Gasteiger charge is -2.12. The Labute approximate surface area is 131 Å². The molecular formula is C15H14N2O4S. The van der Waals surface area contributed by atoms with Crippen LogP contribution in [-0.2, 0) is 0 Å². The van der Waals surface area contributed by atoms with E-state index >= 15 is 0 Å². The Kier molecular flexibility index (Phi) is 4.67. The summed E-state index contributed by atoms with van der Waals surface area (Å²) >= 11 is 1.26. The summed E-state index contributed by atoms with van der Waals surface area (Å²) < 4.78 is 0. The monoisotopic (exact) mass is 318 g/mol. The van der Waals surface area contributed by atoms with E-state index in [1.807, 2.05) is 43.3 Å². The van der Waals surface area contributed by atoms with E-state index in [9.17, 15) is 20.0 Å². The van der Waals surface area contributed by atoms with Gasteiger partial charge in [-0.3, -0.25) is 10.1 Å². The first-order chi connectivity index (χ1) is 10.4. The molecule has 0 saturated carbocycles. The zero-order valence-electron chi connectivity index (χ0n) is 12.0. The van der Waals surface area contributed by atoms with Gasteiger partial charge in [0.25, 0.3) is 5.69 Å². The fourth-order valence-electron chi connectivity index (χ4n) is 1.83. The third-order valence-electron chi connectivity index (χ3n) is 2.99. The first-order valence-electron chi connectivity index (χ1n) is 6.35. The number of rotatable bonds is 5. The summed E-state index contributed by atoms with van der Waals surface area (Å²) in [4.78, 5) is 24.7. The molecule has 114 valence electrons. The normalized spacial score (nSPS) is 10.3. The van der Waals surface area contributed by atoms with Gasteiger partial charge in [0.2, 0.25) is 0 Å². The highest BCUT2D eigenvalue weighted by molar-refractivity contribution is 7.99. The van der Waals surface area contributed by atoms with Crippen LogP contribution in [0.3, 0.4) is 0 Å². The van der Waals surface area contributed by atoms with Crippen LogP contribution in [-0.4, -0.2) is 30.1 Å². The number of benzene rings is 2. The van der Waals surface area contributed by atoms with Gasteiger partial charge in [0.05, 0.1) is 10.5 Å². The van der Waals surface area contributed by atoms with E-state index in [-0.39, 0.29) is 11.3 Å². The lowest BCUT2D eigenvalue weighted by Crippen LogP contribution is -2.07. The number of carboxylic acid groups (broad SMARTS) is 1. The fourth-order valence-corrected chi connectivity index (χ4v) is 2.75. The Morgan fingerprint density at radius 2 is 1.82 bits per heavy atom. The highest BCUT2D eigenvalue weighted by Crippen LogP contribution is 2.33. The second-order valence-electron chi connectivity index (χ2n) is 4.73. The van der Waals surface area contributed by atoms with Crippen molar-refractivity contribution in [1.82, 2.24) is 0 Å². The van der Waals surface area contributed by atoms with Crippen molar-refractivity contribution >= 4 is 29.1 Å². The second-order valence-corrected chi connectivity index (χ2v) is 5.85. The van der Waals surface area contributed by atoms with Gasteiger partial charge in [0.1, 0.15) is 0 Å². The van der Waals surface area contributed by atoms with Crippen LogP contribution in [0.25, 0.3) is 0 Å². The molecule has 0 aliphatic rings. The summed E-state index contributed by atoms with van der Waals surface area (Å²) in [6.45, 7) is 0. The molecule has 6 nitrogen and oxygen atoms in total. The SMILES string of the molecule is CN(C)c1ccc(Sc2ccc([N+](=O)[O-])cc2C(=O)O)cc1. The molecule has 0 heterocycles. The van der Waals surface area contributed by atoms with Crippen molar-refractivity contribution in [2.24, 2.45) is 0 Å². The van der Waals surface area contributed by atoms with Crippen molar-refractivity contribution in [3.05, 3.63) is 58.1 Å². The Morgan fingerprint density at radius 3 is 2.32 bits per heavy atom. The van der Waals surface area contributed by atoms with Crippen LogP contribution in [0, 0.1) is 10.1 Å². The number of carbonyl (C=O) groups is 1. The summed E-state index contributed by atoms with van der Waals surface area (Å²) in [6.07, 6.45) is 0. The third kappa shape index (κ3) is 3.56. The van der Waals surface area contributed by atoms with Gasteiger partial charge < -0.3 is 10.0 Å². The van der Waals surface area contributed by atoms with Gasteiger partial charge in [0, 0.05) is 41.7 Å². The summed E-state index contributed by atoms with van der Waals surface area (Å²) in [7, 11) is 3.86. The molecule has 2 aromatic rings. The minimum atomic E-state index is -1.18. The van der Waals surface area contributed by atoms with Crippen LogP contribution in [0.4, 0.5) is 11.4 Å². The first-order valence-corrected chi connectivity index (χ1v) is 7.17. The van der Waals surface area contributed by atoms with Crippen LogP contribution in [0.2, 0.25) is 0 Å².